The third-order valence-electron chi connectivity index (χ3n) is 2.49. The molecular formula is C11H23IN4O2. The number of aliphatic imine (C=N–C) groups is 1. The zero-order valence-electron chi connectivity index (χ0n) is 10.9. The smallest absolute Gasteiger partial charge is 0.241 e. The summed E-state index contributed by atoms with van der Waals surface area (Å²) in [5.41, 5.74) is 5.62. The van der Waals surface area contributed by atoms with Gasteiger partial charge in [0.1, 0.15) is 6.54 Å². The number of halogens is 1. The first-order valence-electron chi connectivity index (χ1n) is 5.94. The van der Waals surface area contributed by atoms with Crippen LogP contribution in [0.2, 0.25) is 0 Å². The van der Waals surface area contributed by atoms with Crippen LogP contribution in [0.5, 0.6) is 0 Å². The topological polar surface area (TPSA) is 88.7 Å². The molecule has 18 heavy (non-hydrogen) atoms. The predicted octanol–water partition coefficient (Wildman–Crippen LogP) is 0.0698. The molecule has 0 spiro atoms. The lowest BCUT2D eigenvalue weighted by Gasteiger charge is -2.12. The van der Waals surface area contributed by atoms with Crippen molar-refractivity contribution < 1.29 is 9.53 Å². The van der Waals surface area contributed by atoms with E-state index in [2.05, 4.69) is 15.6 Å². The molecule has 6 nitrogen and oxygen atoms in total. The number of nitrogens with one attached hydrogen (secondary N) is 2. The lowest BCUT2D eigenvalue weighted by Crippen LogP contribution is -2.41. The highest BCUT2D eigenvalue weighted by molar-refractivity contribution is 14.0. The molecule has 1 aliphatic rings. The first-order chi connectivity index (χ1) is 8.11. The Morgan fingerprint density at radius 1 is 1.56 bits per heavy atom. The largest absolute Gasteiger partial charge is 0.383 e. The second kappa shape index (κ2) is 9.37. The van der Waals surface area contributed by atoms with Crippen molar-refractivity contribution in [1.29, 1.82) is 0 Å². The number of guanidine groups is 1. The van der Waals surface area contributed by atoms with Gasteiger partial charge < -0.3 is 21.1 Å². The molecule has 1 fully saturated rings. The van der Waals surface area contributed by atoms with Gasteiger partial charge in [0, 0.05) is 19.7 Å². The maximum absolute atomic E-state index is 11.4. The molecule has 1 rings (SSSR count). The van der Waals surface area contributed by atoms with E-state index in [1.807, 2.05) is 6.92 Å². The summed E-state index contributed by atoms with van der Waals surface area (Å²) in [6.07, 6.45) is 2.45. The third kappa shape index (κ3) is 8.51. The molecule has 0 bridgehead atoms. The summed E-state index contributed by atoms with van der Waals surface area (Å²) in [6.45, 7) is 3.32. The fraction of sp³-hybridized carbons (Fsp3) is 0.818. The van der Waals surface area contributed by atoms with E-state index in [1.54, 1.807) is 7.11 Å². The summed E-state index contributed by atoms with van der Waals surface area (Å²) in [5.74, 6) is 0.872. The monoisotopic (exact) mass is 370 g/mol. The Balaban J connectivity index is 0.00000289. The minimum atomic E-state index is -0.0824. The van der Waals surface area contributed by atoms with E-state index in [4.69, 9.17) is 10.5 Å². The van der Waals surface area contributed by atoms with Crippen LogP contribution in [0.1, 0.15) is 19.8 Å². The van der Waals surface area contributed by atoms with Crippen LogP contribution in [0.15, 0.2) is 4.99 Å². The van der Waals surface area contributed by atoms with Crippen molar-refractivity contribution in [2.45, 2.75) is 25.8 Å². The Hall–Kier alpha value is -0.570. The average molecular weight is 370 g/mol. The van der Waals surface area contributed by atoms with Gasteiger partial charge in [-0.25, -0.2) is 4.99 Å². The molecule has 106 valence electrons. The van der Waals surface area contributed by atoms with Gasteiger partial charge in [-0.05, 0) is 25.7 Å². The van der Waals surface area contributed by atoms with Gasteiger partial charge in [0.2, 0.25) is 5.91 Å². The number of nitrogens with two attached hydrogens (primary N) is 1. The summed E-state index contributed by atoms with van der Waals surface area (Å²) in [5, 5.41) is 5.76. The maximum Gasteiger partial charge on any atom is 0.241 e. The van der Waals surface area contributed by atoms with Crippen LogP contribution in [0.25, 0.3) is 0 Å². The Morgan fingerprint density at radius 2 is 2.22 bits per heavy atom. The maximum atomic E-state index is 11.4. The molecule has 1 saturated carbocycles. The van der Waals surface area contributed by atoms with Crippen molar-refractivity contribution in [2.75, 3.05) is 26.8 Å². The summed E-state index contributed by atoms with van der Waals surface area (Å²) in [4.78, 5) is 15.3. The van der Waals surface area contributed by atoms with Crippen molar-refractivity contribution >= 4 is 35.8 Å². The fourth-order valence-electron chi connectivity index (χ4n) is 1.38. The van der Waals surface area contributed by atoms with E-state index in [-0.39, 0.29) is 48.4 Å². The summed E-state index contributed by atoms with van der Waals surface area (Å²) < 4.78 is 4.95. The normalized spacial score (nSPS) is 16.7. The van der Waals surface area contributed by atoms with Gasteiger partial charge in [-0.15, -0.1) is 24.0 Å². The molecule has 0 aromatic rings. The van der Waals surface area contributed by atoms with Gasteiger partial charge in [0.25, 0.3) is 0 Å². The van der Waals surface area contributed by atoms with E-state index in [0.717, 1.165) is 6.54 Å². The first-order valence-corrected chi connectivity index (χ1v) is 5.94. The number of hydrogen-bond donors (Lipinski definition) is 3. The van der Waals surface area contributed by atoms with Crippen LogP contribution in [0.4, 0.5) is 0 Å². The van der Waals surface area contributed by atoms with E-state index in [0.29, 0.717) is 12.5 Å². The van der Waals surface area contributed by atoms with E-state index >= 15 is 0 Å². The van der Waals surface area contributed by atoms with Crippen molar-refractivity contribution in [3.8, 4) is 0 Å². The zero-order valence-corrected chi connectivity index (χ0v) is 13.3. The Morgan fingerprint density at radius 3 is 2.78 bits per heavy atom. The van der Waals surface area contributed by atoms with Gasteiger partial charge in [-0.1, -0.05) is 0 Å². The Kier molecular flexibility index (Phi) is 9.08. The van der Waals surface area contributed by atoms with Crippen molar-refractivity contribution in [2.24, 2.45) is 16.6 Å². The predicted molar refractivity (Wildman–Crippen MR) is 82.1 cm³/mol. The zero-order chi connectivity index (χ0) is 12.7. The minimum absolute atomic E-state index is 0. The van der Waals surface area contributed by atoms with Crippen molar-refractivity contribution in [3.05, 3.63) is 0 Å². The lowest BCUT2D eigenvalue weighted by molar-refractivity contribution is -0.119. The molecule has 0 aliphatic heterocycles. The molecule has 0 heterocycles. The summed E-state index contributed by atoms with van der Waals surface area (Å²) in [7, 11) is 1.62. The molecule has 7 heteroatoms. The summed E-state index contributed by atoms with van der Waals surface area (Å²) >= 11 is 0. The highest BCUT2D eigenvalue weighted by Crippen LogP contribution is 2.27. The van der Waals surface area contributed by atoms with Crippen LogP contribution in [0, 0.1) is 5.92 Å². The van der Waals surface area contributed by atoms with E-state index < -0.39 is 0 Å². The molecule has 1 amide bonds. The molecule has 1 unspecified atom stereocenters. The fourth-order valence-corrected chi connectivity index (χ4v) is 1.38. The van der Waals surface area contributed by atoms with Crippen LogP contribution in [-0.4, -0.2) is 44.7 Å². The van der Waals surface area contributed by atoms with Gasteiger partial charge in [-0.3, -0.25) is 4.79 Å². The molecule has 0 saturated heterocycles. The molecular weight excluding hydrogens is 347 g/mol. The standard InChI is InChI=1S/C11H22N4O2.HI/c1-8(7-17-2)15-11(12)14-6-10(16)13-5-9-3-4-9;/h8-9H,3-7H2,1-2H3,(H,13,16)(H3,12,14,15);1H. The number of carbonyl (C=O) groups excluding carboxylic acids is 1. The highest BCUT2D eigenvalue weighted by Gasteiger charge is 2.21. The number of carbonyl (C=O) groups is 1. The summed E-state index contributed by atoms with van der Waals surface area (Å²) in [6, 6.07) is 0.0817. The first kappa shape index (κ1) is 17.4. The van der Waals surface area contributed by atoms with Gasteiger partial charge in [0.05, 0.1) is 6.61 Å². The molecule has 1 atom stereocenters. The average Bonchev–Trinajstić information content (AvgIpc) is 3.07. The van der Waals surface area contributed by atoms with Gasteiger partial charge in [-0.2, -0.15) is 0 Å². The quantitative estimate of drug-likeness (QED) is 0.336. The van der Waals surface area contributed by atoms with Crippen LogP contribution in [-0.2, 0) is 9.53 Å². The van der Waals surface area contributed by atoms with Crippen molar-refractivity contribution in [1.82, 2.24) is 10.6 Å². The van der Waals surface area contributed by atoms with Gasteiger partial charge >= 0.3 is 0 Å². The van der Waals surface area contributed by atoms with Crippen LogP contribution in [0.3, 0.4) is 0 Å². The van der Waals surface area contributed by atoms with Gasteiger partial charge in [0.15, 0.2) is 5.96 Å². The number of methoxy groups -OCH3 is 1. The van der Waals surface area contributed by atoms with Crippen molar-refractivity contribution in [3.63, 3.8) is 0 Å². The van der Waals surface area contributed by atoms with E-state index in [9.17, 15) is 4.79 Å². The Labute approximate surface area is 125 Å². The molecule has 0 aromatic carbocycles. The lowest BCUT2D eigenvalue weighted by atomic mass is 10.4. The molecule has 0 radical (unpaired) electrons. The molecule has 1 aliphatic carbocycles. The molecule has 0 aromatic heterocycles. The highest BCUT2D eigenvalue weighted by atomic mass is 127. The van der Waals surface area contributed by atoms with Crippen LogP contribution < -0.4 is 16.4 Å². The second-order valence-electron chi connectivity index (χ2n) is 4.45. The number of nitrogens with zero attached hydrogens (tertiary/aromatic N) is 1. The third-order valence-corrected chi connectivity index (χ3v) is 2.49. The number of hydrogen-bond acceptors (Lipinski definition) is 3. The van der Waals surface area contributed by atoms with Crippen LogP contribution >= 0.6 is 24.0 Å². The second-order valence-corrected chi connectivity index (χ2v) is 4.45. The molecule has 4 N–H and O–H groups in total. The number of ether oxygens (including phenoxy) is 1. The Bertz CT molecular complexity index is 282. The number of amides is 1. The minimum Gasteiger partial charge on any atom is -0.383 e. The number of rotatable bonds is 7. The SMILES string of the molecule is COCC(C)NC(N)=NCC(=O)NCC1CC1.I. The van der Waals surface area contributed by atoms with E-state index in [1.165, 1.54) is 12.8 Å².